The molecule has 3 heteroatoms. The molecule has 0 spiro atoms. The topological polar surface area (TPSA) is 43.8 Å². The minimum Gasteiger partial charge on any atom is -0.319 e. The van der Waals surface area contributed by atoms with E-state index in [2.05, 4.69) is 24.2 Å². The number of hydrogen-bond donors (Lipinski definition) is 1. The Balaban J connectivity index is 2.43. The molecule has 2 aromatic rings. The number of nitrogens with zero attached hydrogens (tertiary/aromatic N) is 2. The van der Waals surface area contributed by atoms with Crippen LogP contribution in [0.25, 0.3) is 0 Å². The second-order valence-electron chi connectivity index (χ2n) is 4.17. The normalized spacial score (nSPS) is 12.8. The van der Waals surface area contributed by atoms with Crippen LogP contribution in [0, 0.1) is 13.8 Å². The summed E-state index contributed by atoms with van der Waals surface area (Å²) in [6.07, 6.45) is 0. The minimum absolute atomic E-state index is 0.104. The number of aryl methyl sites for hydroxylation is 3. The van der Waals surface area contributed by atoms with E-state index in [0.29, 0.717) is 0 Å². The van der Waals surface area contributed by atoms with E-state index in [-0.39, 0.29) is 6.04 Å². The first-order valence-electron chi connectivity index (χ1n) is 5.41. The summed E-state index contributed by atoms with van der Waals surface area (Å²) in [6.45, 7) is 4.06. The summed E-state index contributed by atoms with van der Waals surface area (Å²) in [5.41, 5.74) is 10.7. The van der Waals surface area contributed by atoms with Crippen molar-refractivity contribution >= 4 is 0 Å². The maximum Gasteiger partial charge on any atom is 0.0725 e. The first kappa shape index (κ1) is 10.9. The van der Waals surface area contributed by atoms with Gasteiger partial charge in [-0.3, -0.25) is 4.68 Å². The Morgan fingerprint density at radius 1 is 1.25 bits per heavy atom. The van der Waals surface area contributed by atoms with Gasteiger partial charge in [0.1, 0.15) is 0 Å². The summed E-state index contributed by atoms with van der Waals surface area (Å²) < 4.78 is 1.85. The van der Waals surface area contributed by atoms with Gasteiger partial charge >= 0.3 is 0 Å². The van der Waals surface area contributed by atoms with Gasteiger partial charge < -0.3 is 5.73 Å². The third kappa shape index (κ3) is 1.86. The van der Waals surface area contributed by atoms with Gasteiger partial charge in [-0.05, 0) is 31.0 Å². The van der Waals surface area contributed by atoms with Gasteiger partial charge in [0.05, 0.1) is 17.4 Å². The summed E-state index contributed by atoms with van der Waals surface area (Å²) in [5, 5.41) is 4.32. The molecule has 3 nitrogen and oxygen atoms in total. The van der Waals surface area contributed by atoms with Crippen LogP contribution in [-0.2, 0) is 7.05 Å². The van der Waals surface area contributed by atoms with Gasteiger partial charge in [0.2, 0.25) is 0 Å². The highest BCUT2D eigenvalue weighted by molar-refractivity contribution is 5.34. The van der Waals surface area contributed by atoms with Crippen LogP contribution < -0.4 is 5.73 Å². The van der Waals surface area contributed by atoms with Gasteiger partial charge in [-0.25, -0.2) is 0 Å². The molecular weight excluding hydrogens is 198 g/mol. The highest BCUT2D eigenvalue weighted by Gasteiger charge is 2.14. The fourth-order valence-electron chi connectivity index (χ4n) is 2.02. The molecule has 0 aliphatic heterocycles. The zero-order valence-corrected chi connectivity index (χ0v) is 9.94. The van der Waals surface area contributed by atoms with Crippen molar-refractivity contribution in [3.63, 3.8) is 0 Å². The lowest BCUT2D eigenvalue weighted by atomic mass is 9.99. The molecule has 0 radical (unpaired) electrons. The first-order chi connectivity index (χ1) is 7.59. The van der Waals surface area contributed by atoms with Crippen molar-refractivity contribution in [3.8, 4) is 0 Å². The van der Waals surface area contributed by atoms with E-state index in [1.165, 1.54) is 5.56 Å². The second kappa shape index (κ2) is 4.10. The van der Waals surface area contributed by atoms with Crippen LogP contribution in [0.2, 0.25) is 0 Å². The van der Waals surface area contributed by atoms with Crippen molar-refractivity contribution in [1.82, 2.24) is 9.78 Å². The van der Waals surface area contributed by atoms with Crippen LogP contribution in [-0.4, -0.2) is 9.78 Å². The standard InChI is InChI=1S/C13H17N3/c1-9-6-4-5-7-11(9)13(14)12-8-10(2)15-16(12)3/h4-8,13H,14H2,1-3H3. The largest absolute Gasteiger partial charge is 0.319 e. The van der Waals surface area contributed by atoms with Crippen molar-refractivity contribution in [1.29, 1.82) is 0 Å². The van der Waals surface area contributed by atoms with Crippen LogP contribution in [0.15, 0.2) is 30.3 Å². The summed E-state index contributed by atoms with van der Waals surface area (Å²) in [7, 11) is 1.93. The van der Waals surface area contributed by atoms with Crippen LogP contribution in [0.4, 0.5) is 0 Å². The Morgan fingerprint density at radius 3 is 2.50 bits per heavy atom. The maximum absolute atomic E-state index is 6.27. The highest BCUT2D eigenvalue weighted by atomic mass is 15.3. The lowest BCUT2D eigenvalue weighted by Gasteiger charge is -2.14. The lowest BCUT2D eigenvalue weighted by molar-refractivity contribution is 0.667. The molecule has 1 heterocycles. The van der Waals surface area contributed by atoms with E-state index in [1.807, 2.05) is 36.9 Å². The molecule has 0 aliphatic carbocycles. The van der Waals surface area contributed by atoms with Crippen molar-refractivity contribution in [3.05, 3.63) is 52.8 Å². The van der Waals surface area contributed by atoms with Gasteiger partial charge in [0, 0.05) is 7.05 Å². The van der Waals surface area contributed by atoms with Gasteiger partial charge in [-0.1, -0.05) is 24.3 Å². The van der Waals surface area contributed by atoms with Crippen molar-refractivity contribution in [2.45, 2.75) is 19.9 Å². The van der Waals surface area contributed by atoms with Crippen LogP contribution >= 0.6 is 0 Å². The SMILES string of the molecule is Cc1cc(C(N)c2ccccc2C)n(C)n1. The number of rotatable bonds is 2. The van der Waals surface area contributed by atoms with E-state index in [0.717, 1.165) is 17.0 Å². The monoisotopic (exact) mass is 215 g/mol. The summed E-state index contributed by atoms with van der Waals surface area (Å²) in [4.78, 5) is 0. The number of benzene rings is 1. The van der Waals surface area contributed by atoms with E-state index in [1.54, 1.807) is 0 Å². The number of hydrogen-bond acceptors (Lipinski definition) is 2. The quantitative estimate of drug-likeness (QED) is 0.833. The van der Waals surface area contributed by atoms with Crippen LogP contribution in [0.3, 0.4) is 0 Å². The van der Waals surface area contributed by atoms with Crippen LogP contribution in [0.5, 0.6) is 0 Å². The molecule has 1 atom stereocenters. The van der Waals surface area contributed by atoms with Gasteiger partial charge in [0.15, 0.2) is 0 Å². The molecule has 0 fully saturated rings. The summed E-state index contributed by atoms with van der Waals surface area (Å²) in [5.74, 6) is 0. The zero-order chi connectivity index (χ0) is 11.7. The molecule has 2 rings (SSSR count). The average molecular weight is 215 g/mol. The van der Waals surface area contributed by atoms with Gasteiger partial charge in [-0.2, -0.15) is 5.10 Å². The Bertz CT molecular complexity index is 500. The predicted molar refractivity (Wildman–Crippen MR) is 65.2 cm³/mol. The molecule has 1 aromatic heterocycles. The van der Waals surface area contributed by atoms with E-state index >= 15 is 0 Å². The minimum atomic E-state index is -0.104. The van der Waals surface area contributed by atoms with E-state index < -0.39 is 0 Å². The third-order valence-corrected chi connectivity index (χ3v) is 2.88. The predicted octanol–water partition coefficient (Wildman–Crippen LogP) is 2.09. The fraction of sp³-hybridized carbons (Fsp3) is 0.308. The molecule has 2 N–H and O–H groups in total. The molecular formula is C13H17N3. The fourth-order valence-corrected chi connectivity index (χ4v) is 2.02. The molecule has 0 saturated carbocycles. The van der Waals surface area contributed by atoms with Crippen LogP contribution in [0.1, 0.15) is 28.6 Å². The molecule has 16 heavy (non-hydrogen) atoms. The molecule has 0 amide bonds. The Morgan fingerprint density at radius 2 is 1.94 bits per heavy atom. The van der Waals surface area contributed by atoms with Crippen molar-refractivity contribution < 1.29 is 0 Å². The first-order valence-corrected chi connectivity index (χ1v) is 5.41. The molecule has 0 bridgehead atoms. The van der Waals surface area contributed by atoms with Crippen molar-refractivity contribution in [2.75, 3.05) is 0 Å². The molecule has 84 valence electrons. The zero-order valence-electron chi connectivity index (χ0n) is 9.94. The summed E-state index contributed by atoms with van der Waals surface area (Å²) >= 11 is 0. The van der Waals surface area contributed by atoms with Gasteiger partial charge in [0.25, 0.3) is 0 Å². The molecule has 0 aliphatic rings. The third-order valence-electron chi connectivity index (χ3n) is 2.88. The Hall–Kier alpha value is -1.61. The molecule has 1 aromatic carbocycles. The average Bonchev–Trinajstić information content (AvgIpc) is 2.58. The smallest absolute Gasteiger partial charge is 0.0725 e. The second-order valence-corrected chi connectivity index (χ2v) is 4.17. The lowest BCUT2D eigenvalue weighted by Crippen LogP contribution is -2.16. The Kier molecular flexibility index (Phi) is 2.79. The number of aromatic nitrogens is 2. The summed E-state index contributed by atoms with van der Waals surface area (Å²) in [6, 6.07) is 10.1. The number of nitrogens with two attached hydrogens (primary N) is 1. The van der Waals surface area contributed by atoms with Crippen molar-refractivity contribution in [2.24, 2.45) is 12.8 Å². The van der Waals surface area contributed by atoms with E-state index in [4.69, 9.17) is 5.73 Å². The Labute approximate surface area is 95.9 Å². The van der Waals surface area contributed by atoms with Gasteiger partial charge in [-0.15, -0.1) is 0 Å². The maximum atomic E-state index is 6.27. The highest BCUT2D eigenvalue weighted by Crippen LogP contribution is 2.22. The molecule has 0 saturated heterocycles. The van der Waals surface area contributed by atoms with E-state index in [9.17, 15) is 0 Å². The molecule has 1 unspecified atom stereocenters.